The first-order chi connectivity index (χ1) is 28.6. The van der Waals surface area contributed by atoms with Crippen LogP contribution in [0.5, 0.6) is 0 Å². The minimum Gasteiger partial charge on any atom is -0.379 e. The smallest absolute Gasteiger partial charge is 0.0935 e. The molecule has 342 valence electrons. The van der Waals surface area contributed by atoms with E-state index < -0.39 is 0 Å². The summed E-state index contributed by atoms with van der Waals surface area (Å²) in [6.45, 7) is 19.9. The molecular weight excluding hydrogens is 727 g/mol. The lowest BCUT2D eigenvalue weighted by Crippen LogP contribution is -2.51. The van der Waals surface area contributed by atoms with E-state index >= 15 is 0 Å². The monoisotopic (exact) mass is 824 g/mol. The molecule has 0 radical (unpaired) electrons. The number of likely N-dealkylation sites (N-methyl/N-ethyl adjacent to an activating group) is 1. The molecule has 0 amide bonds. The van der Waals surface area contributed by atoms with Crippen molar-refractivity contribution in [2.24, 2.45) is 46.3 Å². The fourth-order valence-electron chi connectivity index (χ4n) is 12.4. The van der Waals surface area contributed by atoms with Gasteiger partial charge in [-0.05, 0) is 150 Å². The minimum absolute atomic E-state index is 0.0745. The highest BCUT2D eigenvalue weighted by Gasteiger charge is 2.59. The van der Waals surface area contributed by atoms with Crippen LogP contribution in [0.25, 0.3) is 0 Å². The number of hydrogen-bond acceptors (Lipinski definition) is 5. The van der Waals surface area contributed by atoms with Crippen molar-refractivity contribution in [3.05, 3.63) is 36.0 Å². The molecule has 0 spiro atoms. The molecular formula is C54H97NO4. The van der Waals surface area contributed by atoms with Gasteiger partial charge in [0.15, 0.2) is 0 Å². The predicted molar refractivity (Wildman–Crippen MR) is 252 cm³/mol. The van der Waals surface area contributed by atoms with Crippen LogP contribution in [-0.4, -0.2) is 77.4 Å². The zero-order valence-electron chi connectivity index (χ0n) is 40.3. The van der Waals surface area contributed by atoms with Gasteiger partial charge in [-0.3, -0.25) is 0 Å². The topological polar surface area (TPSA) is 40.2 Å². The van der Waals surface area contributed by atoms with Crippen molar-refractivity contribution in [1.82, 2.24) is 4.90 Å². The first-order valence-corrected chi connectivity index (χ1v) is 25.6. The van der Waals surface area contributed by atoms with Gasteiger partial charge in [0.25, 0.3) is 0 Å². The first-order valence-electron chi connectivity index (χ1n) is 25.6. The van der Waals surface area contributed by atoms with Gasteiger partial charge in [0.05, 0.1) is 45.2 Å². The third-order valence-corrected chi connectivity index (χ3v) is 15.8. The second-order valence-electron chi connectivity index (χ2n) is 21.1. The summed E-state index contributed by atoms with van der Waals surface area (Å²) < 4.78 is 24.8. The SMILES string of the molecule is CCCCC/C=C\C/C=C\CCCCCCCCOCC(CN(C)C)OCCOCCO[C@H]1CC[C@@]2(C)C(=CC[C@H]3[C@@H]4CC[C@H](C(C)CCCC(C)C)[C@@]4(C)CC[C@@H]32)C1. The maximum absolute atomic E-state index is 6.47. The Balaban J connectivity index is 1.02. The maximum atomic E-state index is 6.47. The number of hydrogen-bond donors (Lipinski definition) is 0. The molecule has 0 aromatic rings. The van der Waals surface area contributed by atoms with E-state index in [1.165, 1.54) is 128 Å². The van der Waals surface area contributed by atoms with Crippen LogP contribution >= 0.6 is 0 Å². The summed E-state index contributed by atoms with van der Waals surface area (Å²) in [5.41, 5.74) is 2.67. The molecule has 59 heavy (non-hydrogen) atoms. The summed E-state index contributed by atoms with van der Waals surface area (Å²) in [5, 5.41) is 0. The van der Waals surface area contributed by atoms with Gasteiger partial charge < -0.3 is 23.8 Å². The highest BCUT2D eigenvalue weighted by molar-refractivity contribution is 5.25. The normalized spacial score (nSPS) is 29.3. The summed E-state index contributed by atoms with van der Waals surface area (Å²) in [4.78, 5) is 2.19. The Bertz CT molecular complexity index is 1190. The molecule has 5 nitrogen and oxygen atoms in total. The largest absolute Gasteiger partial charge is 0.379 e. The van der Waals surface area contributed by atoms with E-state index in [0.717, 1.165) is 67.9 Å². The van der Waals surface area contributed by atoms with Crippen LogP contribution in [0.2, 0.25) is 0 Å². The molecule has 2 unspecified atom stereocenters. The van der Waals surface area contributed by atoms with E-state index in [4.69, 9.17) is 18.9 Å². The summed E-state index contributed by atoms with van der Waals surface area (Å²) >= 11 is 0. The van der Waals surface area contributed by atoms with Crippen LogP contribution in [-0.2, 0) is 18.9 Å². The molecule has 0 N–H and O–H groups in total. The van der Waals surface area contributed by atoms with E-state index in [1.807, 2.05) is 0 Å². The lowest BCUT2D eigenvalue weighted by atomic mass is 9.47. The number of rotatable bonds is 32. The van der Waals surface area contributed by atoms with Gasteiger partial charge in [0.1, 0.15) is 0 Å². The third kappa shape index (κ3) is 16.9. The van der Waals surface area contributed by atoms with Crippen molar-refractivity contribution >= 4 is 0 Å². The standard InChI is InChI=1S/C54H97NO4/c1-9-10-11-12-13-14-15-16-17-18-19-20-21-22-23-24-36-57-43-48(42-55(7)8)59-40-38-56-37-39-58-47-32-34-53(5)46(41-47)28-29-49-51-31-30-50(45(4)27-25-26-44(2)3)54(51,6)35-33-52(49)53/h13-14,16-17,28,44-45,47-52H,9-12,15,18-27,29-43H2,1-8H3/b14-13-,17-16-/t45?,47-,48?,49-,50+,51-,52-,53-,54+/m0/s1. The second-order valence-corrected chi connectivity index (χ2v) is 21.1. The van der Waals surface area contributed by atoms with Crippen LogP contribution in [0, 0.1) is 46.3 Å². The molecule has 0 aromatic carbocycles. The van der Waals surface area contributed by atoms with Gasteiger partial charge in [-0.2, -0.15) is 0 Å². The van der Waals surface area contributed by atoms with E-state index in [-0.39, 0.29) is 6.10 Å². The van der Waals surface area contributed by atoms with Crippen LogP contribution in [0.4, 0.5) is 0 Å². The van der Waals surface area contributed by atoms with Crippen molar-refractivity contribution in [1.29, 1.82) is 0 Å². The summed E-state index contributed by atoms with van der Waals surface area (Å²) in [6, 6.07) is 0. The van der Waals surface area contributed by atoms with Gasteiger partial charge in [-0.1, -0.05) is 135 Å². The molecule has 4 aliphatic carbocycles. The number of allylic oxidation sites excluding steroid dienone is 5. The van der Waals surface area contributed by atoms with E-state index in [2.05, 4.69) is 90.9 Å². The molecule has 0 aromatic heterocycles. The van der Waals surface area contributed by atoms with E-state index in [9.17, 15) is 0 Å². The predicted octanol–water partition coefficient (Wildman–Crippen LogP) is 14.2. The van der Waals surface area contributed by atoms with Crippen LogP contribution in [0.1, 0.15) is 189 Å². The fourth-order valence-corrected chi connectivity index (χ4v) is 12.4. The van der Waals surface area contributed by atoms with Crippen molar-refractivity contribution in [2.75, 3.05) is 60.3 Å². The van der Waals surface area contributed by atoms with Crippen LogP contribution in [0.15, 0.2) is 36.0 Å². The first kappa shape index (κ1) is 50.7. The fraction of sp³-hybridized carbons (Fsp3) is 0.889. The molecule has 9 atom stereocenters. The zero-order valence-corrected chi connectivity index (χ0v) is 40.3. The van der Waals surface area contributed by atoms with E-state index in [0.29, 0.717) is 50.0 Å². The molecule has 4 rings (SSSR count). The number of ether oxygens (including phenoxy) is 4. The molecule has 0 aliphatic heterocycles. The van der Waals surface area contributed by atoms with Crippen molar-refractivity contribution < 1.29 is 18.9 Å². The average Bonchev–Trinajstić information content (AvgIpc) is 3.57. The summed E-state index contributed by atoms with van der Waals surface area (Å²) in [7, 11) is 4.21. The number of unbranched alkanes of at least 4 members (excludes halogenated alkanes) is 9. The second kappa shape index (κ2) is 27.9. The Hall–Kier alpha value is -0.980. The Morgan fingerprint density at radius 1 is 0.729 bits per heavy atom. The average molecular weight is 824 g/mol. The lowest BCUT2D eigenvalue weighted by Gasteiger charge is -2.58. The van der Waals surface area contributed by atoms with Crippen LogP contribution in [0.3, 0.4) is 0 Å². The van der Waals surface area contributed by atoms with Gasteiger partial charge in [0.2, 0.25) is 0 Å². The van der Waals surface area contributed by atoms with Gasteiger partial charge in [0, 0.05) is 13.2 Å². The number of nitrogens with zero attached hydrogens (tertiary/aromatic N) is 1. The summed E-state index contributed by atoms with van der Waals surface area (Å²) in [6.07, 6.45) is 42.8. The van der Waals surface area contributed by atoms with Gasteiger partial charge in [-0.25, -0.2) is 0 Å². The number of fused-ring (bicyclic) bond motifs is 5. The summed E-state index contributed by atoms with van der Waals surface area (Å²) in [5.74, 6) is 5.36. The quantitative estimate of drug-likeness (QED) is 0.0499. The molecule has 4 aliphatic rings. The molecule has 0 bridgehead atoms. The molecule has 3 fully saturated rings. The molecule has 0 saturated heterocycles. The Morgan fingerprint density at radius 3 is 2.20 bits per heavy atom. The van der Waals surface area contributed by atoms with Gasteiger partial charge >= 0.3 is 0 Å². The maximum Gasteiger partial charge on any atom is 0.0935 e. The van der Waals surface area contributed by atoms with Crippen LogP contribution < -0.4 is 0 Å². The Labute approximate surface area is 366 Å². The minimum atomic E-state index is 0.0745. The highest BCUT2D eigenvalue weighted by Crippen LogP contribution is 2.67. The zero-order chi connectivity index (χ0) is 42.4. The third-order valence-electron chi connectivity index (χ3n) is 15.8. The molecule has 3 saturated carbocycles. The molecule has 5 heteroatoms. The Morgan fingerprint density at radius 2 is 1.46 bits per heavy atom. The van der Waals surface area contributed by atoms with Crippen molar-refractivity contribution in [3.63, 3.8) is 0 Å². The molecule has 0 heterocycles. The van der Waals surface area contributed by atoms with Crippen molar-refractivity contribution in [3.8, 4) is 0 Å². The van der Waals surface area contributed by atoms with Crippen molar-refractivity contribution in [2.45, 2.75) is 201 Å². The van der Waals surface area contributed by atoms with Gasteiger partial charge in [-0.15, -0.1) is 0 Å². The lowest BCUT2D eigenvalue weighted by molar-refractivity contribution is -0.0727. The van der Waals surface area contributed by atoms with E-state index in [1.54, 1.807) is 5.57 Å². The highest BCUT2D eigenvalue weighted by atomic mass is 16.6. The Kier molecular flexibility index (Phi) is 24.0.